The summed E-state index contributed by atoms with van der Waals surface area (Å²) in [6.45, 7) is 4.00. The highest BCUT2D eigenvalue weighted by atomic mass is 16.3. The number of hydrogen-bond acceptors (Lipinski definition) is 1. The van der Waals surface area contributed by atoms with Crippen LogP contribution in [0.5, 0.6) is 5.75 Å². The van der Waals surface area contributed by atoms with E-state index in [-0.39, 0.29) is 0 Å². The van der Waals surface area contributed by atoms with Gasteiger partial charge in [0.25, 0.3) is 0 Å². The summed E-state index contributed by atoms with van der Waals surface area (Å²) in [6.07, 6.45) is 0.785. The maximum atomic E-state index is 9.57. The Hall–Kier alpha value is -1.76. The molecule has 84 valence electrons. The van der Waals surface area contributed by atoms with Crippen LogP contribution in [0.15, 0.2) is 54.6 Å². The zero-order valence-electron chi connectivity index (χ0n) is 9.85. The Labute approximate surface area is 97.4 Å². The van der Waals surface area contributed by atoms with Crippen LogP contribution >= 0.6 is 0 Å². The van der Waals surface area contributed by atoms with Gasteiger partial charge in [0, 0.05) is 6.42 Å². The molecule has 0 bridgehead atoms. The van der Waals surface area contributed by atoms with Gasteiger partial charge < -0.3 is 5.11 Å². The molecule has 0 fully saturated rings. The number of phenols is 1. The van der Waals surface area contributed by atoms with Gasteiger partial charge in [-0.25, -0.2) is 0 Å². The van der Waals surface area contributed by atoms with E-state index in [9.17, 15) is 5.11 Å². The van der Waals surface area contributed by atoms with E-state index in [2.05, 4.69) is 12.1 Å². The summed E-state index contributed by atoms with van der Waals surface area (Å²) < 4.78 is 0. The molecule has 1 heteroatoms. The summed E-state index contributed by atoms with van der Waals surface area (Å²) >= 11 is 0. The average Bonchev–Trinajstić information content (AvgIpc) is 2.36. The second-order valence-corrected chi connectivity index (χ2v) is 3.29. The lowest BCUT2D eigenvalue weighted by Gasteiger charge is -2.03. The summed E-state index contributed by atoms with van der Waals surface area (Å²) in [5.41, 5.74) is 2.19. The second-order valence-electron chi connectivity index (χ2n) is 3.29. The zero-order chi connectivity index (χ0) is 11.8. The molecule has 1 nitrogen and oxygen atoms in total. The van der Waals surface area contributed by atoms with Crippen LogP contribution in [0.25, 0.3) is 0 Å². The third-order valence-corrected chi connectivity index (χ3v) is 2.23. The van der Waals surface area contributed by atoms with Gasteiger partial charge in [0.05, 0.1) is 0 Å². The molecule has 0 aliphatic heterocycles. The lowest BCUT2D eigenvalue weighted by molar-refractivity contribution is 0.469. The maximum Gasteiger partial charge on any atom is 0.119 e. The third-order valence-electron chi connectivity index (χ3n) is 2.23. The quantitative estimate of drug-likeness (QED) is 0.800. The Morgan fingerprint density at radius 1 is 0.812 bits per heavy atom. The van der Waals surface area contributed by atoms with Gasteiger partial charge in [-0.3, -0.25) is 0 Å². The van der Waals surface area contributed by atoms with Crippen molar-refractivity contribution in [3.63, 3.8) is 0 Å². The van der Waals surface area contributed by atoms with Gasteiger partial charge in [-0.05, 0) is 17.2 Å². The largest absolute Gasteiger partial charge is 0.508 e. The smallest absolute Gasteiger partial charge is 0.119 e. The molecule has 0 radical (unpaired) electrons. The van der Waals surface area contributed by atoms with Gasteiger partial charge in [-0.15, -0.1) is 0 Å². The van der Waals surface area contributed by atoms with Crippen LogP contribution < -0.4 is 0 Å². The summed E-state index contributed by atoms with van der Waals surface area (Å²) in [6, 6.07) is 17.6. The highest BCUT2D eigenvalue weighted by Crippen LogP contribution is 2.19. The molecule has 0 unspecified atom stereocenters. The molecule has 16 heavy (non-hydrogen) atoms. The number of phenolic OH excluding ortho intramolecular Hbond substituents is 1. The van der Waals surface area contributed by atoms with Crippen molar-refractivity contribution in [3.8, 4) is 5.75 Å². The molecule has 2 aromatic rings. The number of rotatable bonds is 2. The first-order valence-corrected chi connectivity index (χ1v) is 5.67. The first-order chi connectivity index (χ1) is 7.86. The van der Waals surface area contributed by atoms with Crippen molar-refractivity contribution >= 4 is 0 Å². The first-order valence-electron chi connectivity index (χ1n) is 5.67. The minimum atomic E-state index is 0.372. The van der Waals surface area contributed by atoms with Gasteiger partial charge >= 0.3 is 0 Å². The highest BCUT2D eigenvalue weighted by Gasteiger charge is 1.99. The zero-order valence-corrected chi connectivity index (χ0v) is 9.85. The lowest BCUT2D eigenvalue weighted by atomic mass is 10.0. The molecule has 0 saturated carbocycles. The predicted molar refractivity (Wildman–Crippen MR) is 68.7 cm³/mol. The first kappa shape index (κ1) is 12.3. The molecule has 2 aromatic carbocycles. The topological polar surface area (TPSA) is 20.2 Å². The van der Waals surface area contributed by atoms with Crippen LogP contribution in [-0.2, 0) is 6.42 Å². The monoisotopic (exact) mass is 214 g/mol. The van der Waals surface area contributed by atoms with Crippen LogP contribution in [0.1, 0.15) is 25.0 Å². The SMILES string of the molecule is CC.Oc1ccccc1Cc1ccccc1. The van der Waals surface area contributed by atoms with Gasteiger partial charge in [-0.2, -0.15) is 0 Å². The van der Waals surface area contributed by atoms with Crippen LogP contribution in [0, 0.1) is 0 Å². The number of benzene rings is 2. The summed E-state index contributed by atoms with van der Waals surface area (Å²) in [5.74, 6) is 0.372. The minimum absolute atomic E-state index is 0.372. The fourth-order valence-corrected chi connectivity index (χ4v) is 1.48. The average molecular weight is 214 g/mol. The van der Waals surface area contributed by atoms with Crippen molar-refractivity contribution in [2.24, 2.45) is 0 Å². The van der Waals surface area contributed by atoms with Crippen molar-refractivity contribution in [1.29, 1.82) is 0 Å². The van der Waals surface area contributed by atoms with Crippen molar-refractivity contribution in [1.82, 2.24) is 0 Å². The van der Waals surface area contributed by atoms with E-state index < -0.39 is 0 Å². The molecule has 0 aliphatic rings. The van der Waals surface area contributed by atoms with E-state index in [0.29, 0.717) is 5.75 Å². The Morgan fingerprint density at radius 3 is 2.00 bits per heavy atom. The van der Waals surface area contributed by atoms with Crippen molar-refractivity contribution in [2.75, 3.05) is 0 Å². The van der Waals surface area contributed by atoms with E-state index in [0.717, 1.165) is 12.0 Å². The Kier molecular flexibility index (Phi) is 5.13. The van der Waals surface area contributed by atoms with Crippen LogP contribution in [-0.4, -0.2) is 5.11 Å². The normalized spacial score (nSPS) is 9.12. The van der Waals surface area contributed by atoms with Crippen LogP contribution in [0.3, 0.4) is 0 Å². The lowest BCUT2D eigenvalue weighted by Crippen LogP contribution is -1.87. The fourth-order valence-electron chi connectivity index (χ4n) is 1.48. The minimum Gasteiger partial charge on any atom is -0.508 e. The Morgan fingerprint density at radius 2 is 1.38 bits per heavy atom. The van der Waals surface area contributed by atoms with Gasteiger partial charge in [0.15, 0.2) is 0 Å². The molecule has 0 spiro atoms. The van der Waals surface area contributed by atoms with Crippen LogP contribution in [0.4, 0.5) is 0 Å². The van der Waals surface area contributed by atoms with Gasteiger partial charge in [-0.1, -0.05) is 62.4 Å². The van der Waals surface area contributed by atoms with E-state index >= 15 is 0 Å². The number of aromatic hydroxyl groups is 1. The molecule has 0 saturated heterocycles. The van der Waals surface area contributed by atoms with Crippen molar-refractivity contribution in [2.45, 2.75) is 20.3 Å². The molecule has 0 aliphatic carbocycles. The van der Waals surface area contributed by atoms with Gasteiger partial charge in [0.1, 0.15) is 5.75 Å². The molecule has 0 atom stereocenters. The second kappa shape index (κ2) is 6.67. The summed E-state index contributed by atoms with van der Waals surface area (Å²) in [5, 5.41) is 9.57. The van der Waals surface area contributed by atoms with Crippen molar-refractivity contribution < 1.29 is 5.11 Å². The summed E-state index contributed by atoms with van der Waals surface area (Å²) in [4.78, 5) is 0. The van der Waals surface area contributed by atoms with E-state index in [1.807, 2.05) is 50.2 Å². The molecule has 2 rings (SSSR count). The molecular weight excluding hydrogens is 196 g/mol. The highest BCUT2D eigenvalue weighted by molar-refractivity contribution is 5.36. The Balaban J connectivity index is 0.000000606. The fraction of sp³-hybridized carbons (Fsp3) is 0.200. The van der Waals surface area contributed by atoms with E-state index in [1.165, 1.54) is 5.56 Å². The third kappa shape index (κ3) is 3.43. The Bertz CT molecular complexity index is 407. The molecular formula is C15H18O. The maximum absolute atomic E-state index is 9.57. The van der Waals surface area contributed by atoms with Gasteiger partial charge in [0.2, 0.25) is 0 Å². The molecule has 0 amide bonds. The number of para-hydroxylation sites is 1. The van der Waals surface area contributed by atoms with Crippen LogP contribution in [0.2, 0.25) is 0 Å². The molecule has 1 N–H and O–H groups in total. The predicted octanol–water partition coefficient (Wildman–Crippen LogP) is 4.01. The molecule has 0 aromatic heterocycles. The summed E-state index contributed by atoms with van der Waals surface area (Å²) in [7, 11) is 0. The van der Waals surface area contributed by atoms with E-state index in [4.69, 9.17) is 0 Å². The molecule has 0 heterocycles. The number of hydrogen-bond donors (Lipinski definition) is 1. The van der Waals surface area contributed by atoms with Crippen molar-refractivity contribution in [3.05, 3.63) is 65.7 Å². The van der Waals surface area contributed by atoms with E-state index in [1.54, 1.807) is 6.07 Å². The standard InChI is InChI=1S/C13H12O.C2H6/c14-13-9-5-4-8-12(13)10-11-6-2-1-3-7-11;1-2/h1-9,14H,10H2;1-2H3.